The lowest BCUT2D eigenvalue weighted by Gasteiger charge is -2.18. The monoisotopic (exact) mass is 402 g/mol. The van der Waals surface area contributed by atoms with Gasteiger partial charge in [-0.15, -0.1) is 0 Å². The summed E-state index contributed by atoms with van der Waals surface area (Å²) >= 11 is 7.53. The average molecular weight is 403 g/mol. The Morgan fingerprint density at radius 1 is 1.30 bits per heavy atom. The predicted molar refractivity (Wildman–Crippen MR) is 106 cm³/mol. The number of fused-ring (bicyclic) bond motifs is 1. The van der Waals surface area contributed by atoms with Gasteiger partial charge in [0, 0.05) is 33.8 Å². The van der Waals surface area contributed by atoms with Crippen molar-refractivity contribution in [2.45, 2.75) is 18.1 Å². The number of nitrogens with zero attached hydrogens (tertiary/aromatic N) is 1. The summed E-state index contributed by atoms with van der Waals surface area (Å²) < 4.78 is 29.0. The molecule has 3 aromatic rings. The molecule has 4 rings (SSSR count). The van der Waals surface area contributed by atoms with E-state index in [1.807, 2.05) is 12.5 Å². The van der Waals surface area contributed by atoms with Crippen LogP contribution in [0.4, 0.5) is 8.78 Å². The Morgan fingerprint density at radius 3 is 2.78 bits per heavy atom. The van der Waals surface area contributed by atoms with E-state index in [-0.39, 0.29) is 23.6 Å². The van der Waals surface area contributed by atoms with Gasteiger partial charge < -0.3 is 4.98 Å². The molecule has 0 saturated heterocycles. The summed E-state index contributed by atoms with van der Waals surface area (Å²) in [6.07, 6.45) is 4.51. The molecule has 1 N–H and O–H groups in total. The number of H-pyrrole nitrogens is 1. The Labute approximate surface area is 165 Å². The van der Waals surface area contributed by atoms with E-state index in [0.717, 1.165) is 22.0 Å². The van der Waals surface area contributed by atoms with E-state index >= 15 is 0 Å². The van der Waals surface area contributed by atoms with E-state index in [9.17, 15) is 14.0 Å². The molecule has 1 aromatic heterocycles. The van der Waals surface area contributed by atoms with Gasteiger partial charge in [-0.05, 0) is 59.6 Å². The molecule has 1 aliphatic rings. The number of rotatable bonds is 5. The number of halogens is 3. The summed E-state index contributed by atoms with van der Waals surface area (Å²) in [5, 5.41) is 10.4. The highest BCUT2D eigenvalue weighted by Gasteiger charge is 2.46. The van der Waals surface area contributed by atoms with Crippen LogP contribution < -0.4 is 0 Å². The summed E-state index contributed by atoms with van der Waals surface area (Å²) in [6, 6.07) is 9.95. The van der Waals surface area contributed by atoms with E-state index in [1.54, 1.807) is 23.9 Å². The highest BCUT2D eigenvalue weighted by molar-refractivity contribution is 7.97. The van der Waals surface area contributed by atoms with Gasteiger partial charge in [-0.25, -0.2) is 8.78 Å². The van der Waals surface area contributed by atoms with E-state index < -0.39 is 5.82 Å². The number of nitriles is 1. The fraction of sp³-hybridized carbons (Fsp3) is 0.286. The molecule has 0 spiro atoms. The summed E-state index contributed by atoms with van der Waals surface area (Å²) in [6.45, 7) is 0. The first-order valence-electron chi connectivity index (χ1n) is 8.66. The summed E-state index contributed by atoms with van der Waals surface area (Å²) in [4.78, 5) is 3.25. The predicted octanol–water partition coefficient (Wildman–Crippen LogP) is 6.25. The molecular weight excluding hydrogens is 386 g/mol. The molecule has 1 fully saturated rings. The SMILES string of the molecule is CSCc1cc(F)cc2c(C(c3ccc(Cl)cc3F)C3CC3C#N)c[nH]c12. The molecule has 2 nitrogen and oxygen atoms in total. The van der Waals surface area contributed by atoms with Gasteiger partial charge in [0.15, 0.2) is 0 Å². The zero-order valence-corrected chi connectivity index (χ0v) is 16.2. The lowest BCUT2D eigenvalue weighted by molar-refractivity contribution is 0.574. The van der Waals surface area contributed by atoms with Crippen molar-refractivity contribution in [3.05, 3.63) is 69.9 Å². The Bertz CT molecular complexity index is 1060. The van der Waals surface area contributed by atoms with E-state index in [4.69, 9.17) is 11.6 Å². The third-order valence-electron chi connectivity index (χ3n) is 5.23. The Hall–Kier alpha value is -2.03. The number of hydrogen-bond acceptors (Lipinski definition) is 2. The molecule has 138 valence electrons. The number of thioether (sulfide) groups is 1. The number of benzene rings is 2. The maximum Gasteiger partial charge on any atom is 0.128 e. The minimum atomic E-state index is -0.397. The summed E-state index contributed by atoms with van der Waals surface area (Å²) in [7, 11) is 0. The quantitative estimate of drug-likeness (QED) is 0.547. The third kappa shape index (κ3) is 3.33. The van der Waals surface area contributed by atoms with Gasteiger partial charge in [0.2, 0.25) is 0 Å². The van der Waals surface area contributed by atoms with E-state index in [2.05, 4.69) is 11.1 Å². The van der Waals surface area contributed by atoms with Crippen LogP contribution >= 0.6 is 23.4 Å². The second kappa shape index (κ2) is 7.18. The molecule has 1 heterocycles. The maximum absolute atomic E-state index is 14.7. The summed E-state index contributed by atoms with van der Waals surface area (Å²) in [5.74, 6) is -0.448. The van der Waals surface area contributed by atoms with Gasteiger partial charge >= 0.3 is 0 Å². The molecule has 0 bridgehead atoms. The Kier molecular flexibility index (Phi) is 4.88. The van der Waals surface area contributed by atoms with Crippen molar-refractivity contribution in [1.82, 2.24) is 4.98 Å². The molecular formula is C21H17ClF2N2S. The van der Waals surface area contributed by atoms with Gasteiger partial charge in [-0.2, -0.15) is 17.0 Å². The van der Waals surface area contributed by atoms with Crippen molar-refractivity contribution in [1.29, 1.82) is 5.26 Å². The van der Waals surface area contributed by atoms with Gasteiger partial charge in [0.25, 0.3) is 0 Å². The molecule has 0 amide bonds. The van der Waals surface area contributed by atoms with Gasteiger partial charge in [0.05, 0.1) is 12.0 Å². The van der Waals surface area contributed by atoms with Gasteiger partial charge in [-0.1, -0.05) is 17.7 Å². The zero-order valence-electron chi connectivity index (χ0n) is 14.6. The zero-order chi connectivity index (χ0) is 19.1. The second-order valence-corrected chi connectivity index (χ2v) is 8.25. The van der Waals surface area contributed by atoms with Crippen LogP contribution in [-0.4, -0.2) is 11.2 Å². The van der Waals surface area contributed by atoms with Crippen LogP contribution in [0.5, 0.6) is 0 Å². The van der Waals surface area contributed by atoms with Gasteiger partial charge in [0.1, 0.15) is 11.6 Å². The van der Waals surface area contributed by atoms with Crippen LogP contribution in [0, 0.1) is 34.8 Å². The lowest BCUT2D eigenvalue weighted by atomic mass is 9.85. The molecule has 3 atom stereocenters. The molecule has 1 saturated carbocycles. The highest BCUT2D eigenvalue weighted by atomic mass is 35.5. The van der Waals surface area contributed by atoms with Crippen LogP contribution in [-0.2, 0) is 5.75 Å². The van der Waals surface area contributed by atoms with Crippen LogP contribution in [0.1, 0.15) is 29.0 Å². The number of hydrogen-bond donors (Lipinski definition) is 1. The first kappa shape index (κ1) is 18.3. The normalized spacial score (nSPS) is 19.8. The van der Waals surface area contributed by atoms with Crippen molar-refractivity contribution >= 4 is 34.3 Å². The Balaban J connectivity index is 1.90. The lowest BCUT2D eigenvalue weighted by Crippen LogP contribution is -2.07. The number of aromatic nitrogens is 1. The maximum atomic E-state index is 14.7. The van der Waals surface area contributed by atoms with E-state index in [0.29, 0.717) is 22.8 Å². The van der Waals surface area contributed by atoms with Crippen LogP contribution in [0.25, 0.3) is 10.9 Å². The smallest absolute Gasteiger partial charge is 0.128 e. The standard InChI is InChI=1S/C21H17ClF2N2S/c1-27-10-12-4-14(23)7-17-18(9-26-21(12)17)20(16-5-11(16)8-25)15-3-2-13(22)6-19(15)24/h2-4,6-7,9,11,16,20,26H,5,10H2,1H3. The van der Waals surface area contributed by atoms with Crippen LogP contribution in [0.2, 0.25) is 5.02 Å². The first-order valence-corrected chi connectivity index (χ1v) is 10.4. The van der Waals surface area contributed by atoms with Gasteiger partial charge in [-0.3, -0.25) is 0 Å². The topological polar surface area (TPSA) is 39.6 Å². The second-order valence-electron chi connectivity index (χ2n) is 6.94. The van der Waals surface area contributed by atoms with E-state index in [1.165, 1.54) is 18.2 Å². The molecule has 0 radical (unpaired) electrons. The van der Waals surface area contributed by atoms with Crippen molar-refractivity contribution in [3.63, 3.8) is 0 Å². The Morgan fingerprint density at radius 2 is 2.11 bits per heavy atom. The van der Waals surface area contributed by atoms with Crippen molar-refractivity contribution in [2.24, 2.45) is 11.8 Å². The molecule has 1 aliphatic carbocycles. The fourth-order valence-electron chi connectivity index (χ4n) is 3.93. The first-order chi connectivity index (χ1) is 13.0. The molecule has 6 heteroatoms. The minimum absolute atomic E-state index is 0.0111. The third-order valence-corrected chi connectivity index (χ3v) is 6.07. The van der Waals surface area contributed by atoms with Crippen molar-refractivity contribution in [3.8, 4) is 6.07 Å². The average Bonchev–Trinajstić information content (AvgIpc) is 3.29. The van der Waals surface area contributed by atoms with Crippen molar-refractivity contribution in [2.75, 3.05) is 6.26 Å². The fourth-order valence-corrected chi connectivity index (χ4v) is 4.63. The largest absolute Gasteiger partial charge is 0.361 e. The highest BCUT2D eigenvalue weighted by Crippen LogP contribution is 2.53. The molecule has 2 aromatic carbocycles. The molecule has 3 unspecified atom stereocenters. The minimum Gasteiger partial charge on any atom is -0.361 e. The summed E-state index contributed by atoms with van der Waals surface area (Å²) in [5.41, 5.74) is 3.08. The van der Waals surface area contributed by atoms with Crippen molar-refractivity contribution < 1.29 is 8.78 Å². The van der Waals surface area contributed by atoms with Crippen LogP contribution in [0.3, 0.4) is 0 Å². The van der Waals surface area contributed by atoms with Crippen LogP contribution in [0.15, 0.2) is 36.5 Å². The number of nitrogens with one attached hydrogen (secondary N) is 1. The molecule has 0 aliphatic heterocycles. The molecule has 27 heavy (non-hydrogen) atoms. The number of aromatic amines is 1.